The van der Waals surface area contributed by atoms with Gasteiger partial charge in [0.1, 0.15) is 17.8 Å². The fourth-order valence-electron chi connectivity index (χ4n) is 4.28. The quantitative estimate of drug-likeness (QED) is 0.762. The zero-order valence-electron chi connectivity index (χ0n) is 12.6. The number of carbonyl (C=O) groups is 1. The Morgan fingerprint density at radius 2 is 1.96 bits per heavy atom. The van der Waals surface area contributed by atoms with E-state index in [0.29, 0.717) is 41.1 Å². The summed E-state index contributed by atoms with van der Waals surface area (Å²) in [5.74, 6) is 0.443. The number of anilines is 1. The average molecular weight is 351 g/mol. The number of amides is 1. The summed E-state index contributed by atoms with van der Waals surface area (Å²) in [7, 11) is 0. The summed E-state index contributed by atoms with van der Waals surface area (Å²) in [4.78, 5) is 14.9. The maximum Gasteiger partial charge on any atom is 0.248 e. The Labute approximate surface area is 144 Å². The van der Waals surface area contributed by atoms with Gasteiger partial charge in [-0.25, -0.2) is 0 Å². The van der Waals surface area contributed by atoms with Gasteiger partial charge in [-0.15, -0.1) is 0 Å². The molecule has 120 valence electrons. The SMILES string of the molecule is N#CC1(C(=O)N2CCOc3cc(Cl)c(Cl)cc32)CC12CCCC2. The third-order valence-corrected chi connectivity index (χ3v) is 6.33. The van der Waals surface area contributed by atoms with Crippen LogP contribution in [0, 0.1) is 22.2 Å². The number of halogens is 2. The highest BCUT2D eigenvalue weighted by atomic mass is 35.5. The lowest BCUT2D eigenvalue weighted by Gasteiger charge is -2.32. The first-order chi connectivity index (χ1) is 11.0. The van der Waals surface area contributed by atoms with Gasteiger partial charge in [-0.3, -0.25) is 4.79 Å². The van der Waals surface area contributed by atoms with Gasteiger partial charge >= 0.3 is 0 Å². The summed E-state index contributed by atoms with van der Waals surface area (Å²) in [6, 6.07) is 5.64. The van der Waals surface area contributed by atoms with Crippen molar-refractivity contribution in [2.45, 2.75) is 32.1 Å². The van der Waals surface area contributed by atoms with E-state index in [1.165, 1.54) is 0 Å². The van der Waals surface area contributed by atoms with Crippen molar-refractivity contribution in [3.63, 3.8) is 0 Å². The Hall–Kier alpha value is -1.44. The van der Waals surface area contributed by atoms with Crippen LogP contribution in [0.3, 0.4) is 0 Å². The molecule has 3 aliphatic rings. The Morgan fingerprint density at radius 1 is 1.26 bits per heavy atom. The van der Waals surface area contributed by atoms with Crippen LogP contribution < -0.4 is 9.64 Å². The molecule has 0 aromatic heterocycles. The van der Waals surface area contributed by atoms with Gasteiger partial charge in [0.25, 0.3) is 0 Å². The van der Waals surface area contributed by atoms with E-state index in [0.717, 1.165) is 25.7 Å². The van der Waals surface area contributed by atoms with Gasteiger partial charge in [0.05, 0.1) is 28.3 Å². The molecule has 1 heterocycles. The van der Waals surface area contributed by atoms with Crippen LogP contribution in [-0.2, 0) is 4.79 Å². The Kier molecular flexibility index (Phi) is 3.30. The van der Waals surface area contributed by atoms with Crippen LogP contribution in [0.4, 0.5) is 5.69 Å². The number of rotatable bonds is 1. The summed E-state index contributed by atoms with van der Waals surface area (Å²) in [6.45, 7) is 0.828. The third kappa shape index (κ3) is 2.00. The Morgan fingerprint density at radius 3 is 2.65 bits per heavy atom. The molecule has 1 spiro atoms. The first-order valence-electron chi connectivity index (χ1n) is 7.88. The van der Waals surface area contributed by atoms with Crippen molar-refractivity contribution in [3.05, 3.63) is 22.2 Å². The largest absolute Gasteiger partial charge is 0.489 e. The highest BCUT2D eigenvalue weighted by Crippen LogP contribution is 2.72. The first kappa shape index (κ1) is 15.1. The summed E-state index contributed by atoms with van der Waals surface area (Å²) in [5.41, 5.74) is -0.358. The number of hydrogen-bond acceptors (Lipinski definition) is 3. The molecule has 0 saturated heterocycles. The van der Waals surface area contributed by atoms with E-state index < -0.39 is 5.41 Å². The summed E-state index contributed by atoms with van der Waals surface area (Å²) in [6.07, 6.45) is 4.86. The van der Waals surface area contributed by atoms with Gasteiger partial charge in [0.15, 0.2) is 0 Å². The lowest BCUT2D eigenvalue weighted by atomic mass is 9.90. The van der Waals surface area contributed by atoms with Crippen LogP contribution in [0.25, 0.3) is 0 Å². The molecule has 0 bridgehead atoms. The normalized spacial score (nSPS) is 27.3. The van der Waals surface area contributed by atoms with Gasteiger partial charge in [0, 0.05) is 11.5 Å². The van der Waals surface area contributed by atoms with Crippen LogP contribution in [0.5, 0.6) is 5.75 Å². The summed E-state index contributed by atoms with van der Waals surface area (Å²) < 4.78 is 5.60. The molecule has 2 saturated carbocycles. The van der Waals surface area contributed by atoms with Gasteiger partial charge in [-0.1, -0.05) is 36.0 Å². The molecule has 1 aromatic rings. The van der Waals surface area contributed by atoms with Crippen molar-refractivity contribution >= 4 is 34.8 Å². The topological polar surface area (TPSA) is 53.3 Å². The number of carbonyl (C=O) groups excluding carboxylic acids is 1. The smallest absolute Gasteiger partial charge is 0.248 e. The minimum absolute atomic E-state index is 0.104. The van der Waals surface area contributed by atoms with Gasteiger partial charge in [-0.05, 0) is 25.3 Å². The van der Waals surface area contributed by atoms with E-state index in [1.807, 2.05) is 0 Å². The average Bonchev–Trinajstić information content (AvgIpc) is 2.93. The highest BCUT2D eigenvalue weighted by Gasteiger charge is 2.73. The number of benzene rings is 1. The van der Waals surface area contributed by atoms with Crippen LogP contribution in [0.15, 0.2) is 12.1 Å². The fraction of sp³-hybridized carbons (Fsp3) is 0.529. The standard InChI is InChI=1S/C17H16Cl2N2O2/c18-11-7-13-14(8-12(11)19)23-6-5-21(13)15(22)17(10-20)9-16(17)3-1-2-4-16/h7-8H,1-6,9H2. The van der Waals surface area contributed by atoms with Gasteiger partial charge in [-0.2, -0.15) is 5.26 Å². The zero-order chi connectivity index (χ0) is 16.2. The van der Waals surface area contributed by atoms with Crippen molar-refractivity contribution in [2.24, 2.45) is 10.8 Å². The van der Waals surface area contributed by atoms with Gasteiger partial charge < -0.3 is 9.64 Å². The molecule has 1 atom stereocenters. The summed E-state index contributed by atoms with van der Waals surface area (Å²) in [5, 5.41) is 10.5. The third-order valence-electron chi connectivity index (χ3n) is 5.61. The number of nitrogens with zero attached hydrogens (tertiary/aromatic N) is 2. The molecule has 1 aromatic carbocycles. The van der Waals surface area contributed by atoms with Crippen molar-refractivity contribution in [2.75, 3.05) is 18.1 Å². The number of hydrogen-bond donors (Lipinski definition) is 0. The zero-order valence-corrected chi connectivity index (χ0v) is 14.1. The molecule has 1 aliphatic heterocycles. The van der Waals surface area contributed by atoms with E-state index >= 15 is 0 Å². The predicted molar refractivity (Wildman–Crippen MR) is 87.9 cm³/mol. The van der Waals surface area contributed by atoms with E-state index in [-0.39, 0.29) is 11.3 Å². The van der Waals surface area contributed by atoms with E-state index in [2.05, 4.69) is 6.07 Å². The molecule has 4 nitrogen and oxygen atoms in total. The van der Waals surface area contributed by atoms with E-state index in [9.17, 15) is 10.1 Å². The van der Waals surface area contributed by atoms with Crippen LogP contribution in [0.2, 0.25) is 10.0 Å². The monoisotopic (exact) mass is 350 g/mol. The molecule has 6 heteroatoms. The number of nitriles is 1. The van der Waals surface area contributed by atoms with Crippen LogP contribution >= 0.6 is 23.2 Å². The Balaban J connectivity index is 1.72. The molecule has 2 fully saturated rings. The fourth-order valence-corrected chi connectivity index (χ4v) is 4.59. The lowest BCUT2D eigenvalue weighted by Crippen LogP contribution is -2.43. The van der Waals surface area contributed by atoms with Crippen molar-refractivity contribution in [1.82, 2.24) is 0 Å². The molecule has 1 unspecified atom stereocenters. The minimum atomic E-state index is -0.871. The molecule has 1 amide bonds. The van der Waals surface area contributed by atoms with Crippen molar-refractivity contribution < 1.29 is 9.53 Å². The molecule has 4 rings (SSSR count). The molecular formula is C17H16Cl2N2O2. The van der Waals surface area contributed by atoms with Crippen molar-refractivity contribution in [3.8, 4) is 11.8 Å². The van der Waals surface area contributed by atoms with E-state index in [4.69, 9.17) is 27.9 Å². The maximum atomic E-state index is 13.2. The van der Waals surface area contributed by atoms with Crippen LogP contribution in [0.1, 0.15) is 32.1 Å². The second kappa shape index (κ2) is 5.03. The lowest BCUT2D eigenvalue weighted by molar-refractivity contribution is -0.123. The predicted octanol–water partition coefficient (Wildman–Crippen LogP) is 4.19. The van der Waals surface area contributed by atoms with E-state index in [1.54, 1.807) is 17.0 Å². The second-order valence-electron chi connectivity index (χ2n) is 6.72. The van der Waals surface area contributed by atoms with Gasteiger partial charge in [0.2, 0.25) is 5.91 Å². The Bertz CT molecular complexity index is 737. The number of fused-ring (bicyclic) bond motifs is 1. The molecular weight excluding hydrogens is 335 g/mol. The molecule has 0 N–H and O–H groups in total. The van der Waals surface area contributed by atoms with Crippen molar-refractivity contribution in [1.29, 1.82) is 5.26 Å². The molecule has 23 heavy (non-hydrogen) atoms. The van der Waals surface area contributed by atoms with Crippen LogP contribution in [-0.4, -0.2) is 19.1 Å². The summed E-state index contributed by atoms with van der Waals surface area (Å²) >= 11 is 12.1. The maximum absolute atomic E-state index is 13.2. The first-order valence-corrected chi connectivity index (χ1v) is 8.64. The minimum Gasteiger partial charge on any atom is -0.489 e. The second-order valence-corrected chi connectivity index (χ2v) is 7.54. The molecule has 0 radical (unpaired) electrons. The number of ether oxygens (including phenoxy) is 1. The highest BCUT2D eigenvalue weighted by molar-refractivity contribution is 6.42. The molecule has 2 aliphatic carbocycles.